The zero-order valence-corrected chi connectivity index (χ0v) is 14.1. The highest BCUT2D eigenvalue weighted by molar-refractivity contribution is 7.90. The first kappa shape index (κ1) is 15.5. The monoisotopic (exact) mass is 337 g/mol. The molecule has 6 heteroatoms. The summed E-state index contributed by atoms with van der Waals surface area (Å²) in [6.07, 6.45) is 2.31. The molecule has 22 heavy (non-hydrogen) atoms. The topological polar surface area (TPSA) is 46.6 Å². The summed E-state index contributed by atoms with van der Waals surface area (Å²) in [5.41, 5.74) is 1.43. The van der Waals surface area contributed by atoms with Crippen molar-refractivity contribution in [3.05, 3.63) is 46.2 Å². The Balaban J connectivity index is 1.54. The van der Waals surface area contributed by atoms with Crippen molar-refractivity contribution in [2.24, 2.45) is 0 Å². The van der Waals surface area contributed by atoms with Gasteiger partial charge in [-0.25, -0.2) is 8.42 Å². The maximum absolute atomic E-state index is 11.5. The molecule has 2 heterocycles. The zero-order chi connectivity index (χ0) is 15.6. The van der Waals surface area contributed by atoms with Crippen LogP contribution in [0.15, 0.2) is 40.6 Å². The first-order valence-electron chi connectivity index (χ1n) is 7.23. The second-order valence-electron chi connectivity index (χ2n) is 5.49. The standard InChI is InChI=1S/C16H19NO3S2/c1-22(18,19)15-4-2-3-14(11-15)20-9-8-17-7-5-16-13(12-17)6-10-21-16/h2-4,6,10-11H,5,7-9,12H2,1H3. The van der Waals surface area contributed by atoms with Gasteiger partial charge < -0.3 is 4.74 Å². The summed E-state index contributed by atoms with van der Waals surface area (Å²) >= 11 is 1.84. The lowest BCUT2D eigenvalue weighted by atomic mass is 10.1. The largest absolute Gasteiger partial charge is 0.492 e. The van der Waals surface area contributed by atoms with E-state index in [0.29, 0.717) is 17.3 Å². The number of sulfone groups is 1. The summed E-state index contributed by atoms with van der Waals surface area (Å²) in [4.78, 5) is 4.17. The number of ether oxygens (including phenoxy) is 1. The Hall–Kier alpha value is -1.37. The molecule has 1 aliphatic heterocycles. The quantitative estimate of drug-likeness (QED) is 0.841. The average molecular weight is 337 g/mol. The second kappa shape index (κ2) is 6.40. The molecule has 1 aliphatic rings. The normalized spacial score (nSPS) is 15.5. The van der Waals surface area contributed by atoms with Crippen molar-refractivity contribution in [2.75, 3.05) is 26.0 Å². The van der Waals surface area contributed by atoms with Crippen LogP contribution in [-0.2, 0) is 22.8 Å². The van der Waals surface area contributed by atoms with Crippen molar-refractivity contribution in [1.82, 2.24) is 4.90 Å². The average Bonchev–Trinajstić information content (AvgIpc) is 2.94. The Labute approximate surface area is 135 Å². The molecular formula is C16H19NO3S2. The van der Waals surface area contributed by atoms with Gasteiger partial charge in [-0.05, 0) is 41.6 Å². The number of thiophene rings is 1. The van der Waals surface area contributed by atoms with Gasteiger partial charge in [0.1, 0.15) is 12.4 Å². The van der Waals surface area contributed by atoms with E-state index in [9.17, 15) is 8.42 Å². The van der Waals surface area contributed by atoms with Gasteiger partial charge in [-0.3, -0.25) is 4.90 Å². The molecule has 0 bridgehead atoms. The molecule has 0 fully saturated rings. The highest BCUT2D eigenvalue weighted by Gasteiger charge is 2.16. The van der Waals surface area contributed by atoms with Gasteiger partial charge in [0, 0.05) is 30.8 Å². The lowest BCUT2D eigenvalue weighted by Crippen LogP contribution is -2.33. The highest BCUT2D eigenvalue weighted by atomic mass is 32.2. The number of hydrogen-bond donors (Lipinski definition) is 0. The van der Waals surface area contributed by atoms with E-state index in [2.05, 4.69) is 16.3 Å². The smallest absolute Gasteiger partial charge is 0.175 e. The fourth-order valence-electron chi connectivity index (χ4n) is 2.58. The van der Waals surface area contributed by atoms with Gasteiger partial charge in [0.2, 0.25) is 0 Å². The molecule has 0 aliphatic carbocycles. The fraction of sp³-hybridized carbons (Fsp3) is 0.375. The third-order valence-electron chi connectivity index (χ3n) is 3.80. The van der Waals surface area contributed by atoms with E-state index in [1.54, 1.807) is 24.3 Å². The number of rotatable bonds is 5. The molecule has 0 atom stereocenters. The van der Waals surface area contributed by atoms with Gasteiger partial charge in [-0.15, -0.1) is 11.3 Å². The molecule has 0 spiro atoms. The second-order valence-corrected chi connectivity index (χ2v) is 8.51. The Kier molecular flexibility index (Phi) is 4.52. The van der Waals surface area contributed by atoms with Crippen molar-refractivity contribution in [1.29, 1.82) is 0 Å². The number of nitrogens with zero attached hydrogens (tertiary/aromatic N) is 1. The molecule has 4 nitrogen and oxygen atoms in total. The number of fused-ring (bicyclic) bond motifs is 1. The van der Waals surface area contributed by atoms with Crippen LogP contribution >= 0.6 is 11.3 Å². The minimum absolute atomic E-state index is 0.297. The maximum Gasteiger partial charge on any atom is 0.175 e. The molecule has 0 radical (unpaired) electrons. The number of benzene rings is 1. The molecular weight excluding hydrogens is 318 g/mol. The summed E-state index contributed by atoms with van der Waals surface area (Å²) in [7, 11) is -3.19. The van der Waals surface area contributed by atoms with E-state index in [0.717, 1.165) is 26.1 Å². The molecule has 0 amide bonds. The summed E-state index contributed by atoms with van der Waals surface area (Å²) in [5, 5.41) is 2.15. The van der Waals surface area contributed by atoms with Crippen LogP contribution in [0.25, 0.3) is 0 Å². The van der Waals surface area contributed by atoms with Crippen LogP contribution in [0.1, 0.15) is 10.4 Å². The summed E-state index contributed by atoms with van der Waals surface area (Å²) < 4.78 is 28.8. The highest BCUT2D eigenvalue weighted by Crippen LogP contribution is 2.24. The van der Waals surface area contributed by atoms with Crippen LogP contribution in [0.2, 0.25) is 0 Å². The van der Waals surface area contributed by atoms with Gasteiger partial charge >= 0.3 is 0 Å². The van der Waals surface area contributed by atoms with Crippen LogP contribution in [0.5, 0.6) is 5.75 Å². The minimum atomic E-state index is -3.19. The Morgan fingerprint density at radius 1 is 1.32 bits per heavy atom. The molecule has 2 aromatic rings. The zero-order valence-electron chi connectivity index (χ0n) is 12.5. The van der Waals surface area contributed by atoms with E-state index < -0.39 is 9.84 Å². The third kappa shape index (κ3) is 3.69. The SMILES string of the molecule is CS(=O)(=O)c1cccc(OCCN2CCc3sccc3C2)c1. The molecule has 118 valence electrons. The van der Waals surface area contributed by atoms with Crippen molar-refractivity contribution in [3.8, 4) is 5.75 Å². The van der Waals surface area contributed by atoms with Crippen molar-refractivity contribution in [2.45, 2.75) is 17.9 Å². The summed E-state index contributed by atoms with van der Waals surface area (Å²) in [5.74, 6) is 0.608. The van der Waals surface area contributed by atoms with E-state index in [-0.39, 0.29) is 0 Å². The molecule has 1 aromatic heterocycles. The van der Waals surface area contributed by atoms with Crippen LogP contribution in [-0.4, -0.2) is 39.3 Å². The third-order valence-corrected chi connectivity index (χ3v) is 5.93. The van der Waals surface area contributed by atoms with Gasteiger partial charge in [-0.2, -0.15) is 0 Å². The van der Waals surface area contributed by atoms with Crippen LogP contribution in [0.3, 0.4) is 0 Å². The molecule has 3 rings (SSSR count). The number of hydrogen-bond acceptors (Lipinski definition) is 5. The Bertz CT molecular complexity index is 752. The molecule has 0 unspecified atom stereocenters. The van der Waals surface area contributed by atoms with Gasteiger partial charge in [0.25, 0.3) is 0 Å². The summed E-state index contributed by atoms with van der Waals surface area (Å²) in [6.45, 7) is 3.44. The molecule has 0 N–H and O–H groups in total. The van der Waals surface area contributed by atoms with Crippen molar-refractivity contribution < 1.29 is 13.2 Å². The van der Waals surface area contributed by atoms with Crippen molar-refractivity contribution >= 4 is 21.2 Å². The lowest BCUT2D eigenvalue weighted by molar-refractivity contribution is 0.197. The van der Waals surface area contributed by atoms with Gasteiger partial charge in [0.15, 0.2) is 9.84 Å². The molecule has 0 saturated carbocycles. The van der Waals surface area contributed by atoms with E-state index in [1.807, 2.05) is 11.3 Å². The van der Waals surface area contributed by atoms with Crippen LogP contribution in [0, 0.1) is 0 Å². The Morgan fingerprint density at radius 3 is 3.00 bits per heavy atom. The van der Waals surface area contributed by atoms with Gasteiger partial charge in [0.05, 0.1) is 4.90 Å². The lowest BCUT2D eigenvalue weighted by Gasteiger charge is -2.26. The van der Waals surface area contributed by atoms with E-state index in [1.165, 1.54) is 16.7 Å². The first-order chi connectivity index (χ1) is 10.5. The Morgan fingerprint density at radius 2 is 2.18 bits per heavy atom. The summed E-state index contributed by atoms with van der Waals surface area (Å²) in [6, 6.07) is 8.88. The maximum atomic E-state index is 11.5. The van der Waals surface area contributed by atoms with E-state index in [4.69, 9.17) is 4.74 Å². The molecule has 0 saturated heterocycles. The minimum Gasteiger partial charge on any atom is -0.492 e. The molecule has 1 aromatic carbocycles. The van der Waals surface area contributed by atoms with Crippen LogP contribution in [0.4, 0.5) is 0 Å². The van der Waals surface area contributed by atoms with Crippen molar-refractivity contribution in [3.63, 3.8) is 0 Å². The first-order valence-corrected chi connectivity index (χ1v) is 10.00. The predicted molar refractivity (Wildman–Crippen MR) is 88.3 cm³/mol. The van der Waals surface area contributed by atoms with Crippen LogP contribution < -0.4 is 4.74 Å². The fourth-order valence-corrected chi connectivity index (χ4v) is 4.13. The van der Waals surface area contributed by atoms with E-state index >= 15 is 0 Å². The predicted octanol–water partition coefficient (Wildman–Crippen LogP) is 2.59. The van der Waals surface area contributed by atoms with Gasteiger partial charge in [-0.1, -0.05) is 6.07 Å².